The zero-order valence-corrected chi connectivity index (χ0v) is 14.9. The number of ether oxygens (including phenoxy) is 2. The summed E-state index contributed by atoms with van der Waals surface area (Å²) in [5, 5.41) is 3.15. The second kappa shape index (κ2) is 8.96. The molecule has 1 aliphatic heterocycles. The summed E-state index contributed by atoms with van der Waals surface area (Å²) in [5.41, 5.74) is 6.87. The van der Waals surface area contributed by atoms with E-state index in [4.69, 9.17) is 15.2 Å². The van der Waals surface area contributed by atoms with Crippen LogP contribution < -0.4 is 20.5 Å². The largest absolute Gasteiger partial charge is 0.490 e. The molecule has 0 aromatic heterocycles. The van der Waals surface area contributed by atoms with Gasteiger partial charge < -0.3 is 20.5 Å². The van der Waals surface area contributed by atoms with E-state index in [0.717, 1.165) is 29.9 Å². The molecule has 3 N–H and O–H groups in total. The molecule has 118 valence electrons. The summed E-state index contributed by atoms with van der Waals surface area (Å²) in [5.74, 6) is 2.06. The Labute approximate surface area is 143 Å². The van der Waals surface area contributed by atoms with Gasteiger partial charge in [0, 0.05) is 18.0 Å². The minimum Gasteiger partial charge on any atom is -0.490 e. The van der Waals surface area contributed by atoms with Crippen molar-refractivity contribution in [3.05, 3.63) is 23.8 Å². The van der Waals surface area contributed by atoms with Gasteiger partial charge in [-0.05, 0) is 19.4 Å². The summed E-state index contributed by atoms with van der Waals surface area (Å²) in [6.45, 7) is 6.04. The van der Waals surface area contributed by atoms with Crippen LogP contribution in [0.15, 0.2) is 23.2 Å². The Bertz CT molecular complexity index is 480. The highest BCUT2D eigenvalue weighted by Crippen LogP contribution is 2.33. The van der Waals surface area contributed by atoms with E-state index in [1.807, 2.05) is 18.2 Å². The molecule has 1 aliphatic rings. The molecular weight excluding hydrogens is 381 g/mol. The molecule has 1 aromatic carbocycles. The monoisotopic (exact) mass is 405 g/mol. The molecule has 2 rings (SSSR count). The number of nitrogens with two attached hydrogens (primary N) is 1. The molecule has 5 nitrogen and oxygen atoms in total. The van der Waals surface area contributed by atoms with Crippen molar-refractivity contribution in [3.63, 3.8) is 0 Å². The lowest BCUT2D eigenvalue weighted by Gasteiger charge is -2.13. The van der Waals surface area contributed by atoms with Gasteiger partial charge in [0.2, 0.25) is 0 Å². The first-order chi connectivity index (χ1) is 9.70. The maximum atomic E-state index is 5.87. The lowest BCUT2D eigenvalue weighted by molar-refractivity contribution is 0.296. The number of guanidine groups is 1. The quantitative estimate of drug-likeness (QED) is 0.459. The fraction of sp³-hybridized carbons (Fsp3) is 0.533. The summed E-state index contributed by atoms with van der Waals surface area (Å²) < 4.78 is 11.4. The number of halogens is 1. The van der Waals surface area contributed by atoms with Crippen LogP contribution in [-0.2, 0) is 6.54 Å². The molecule has 1 unspecified atom stereocenters. The lowest BCUT2D eigenvalue weighted by atomic mass is 10.2. The molecule has 0 saturated carbocycles. The SMILES string of the molecule is CCC(C)NC(N)=NCc1cccc2c1OCCCO2.I. The molecule has 0 amide bonds. The average molecular weight is 405 g/mol. The highest BCUT2D eigenvalue weighted by Gasteiger charge is 2.14. The van der Waals surface area contributed by atoms with E-state index in [-0.39, 0.29) is 24.0 Å². The van der Waals surface area contributed by atoms with Gasteiger partial charge in [-0.15, -0.1) is 24.0 Å². The fourth-order valence-corrected chi connectivity index (χ4v) is 1.95. The Morgan fingerprint density at radius 1 is 1.38 bits per heavy atom. The van der Waals surface area contributed by atoms with Crippen LogP contribution in [-0.4, -0.2) is 25.2 Å². The molecule has 0 fully saturated rings. The zero-order chi connectivity index (χ0) is 14.4. The maximum Gasteiger partial charge on any atom is 0.189 e. The highest BCUT2D eigenvalue weighted by molar-refractivity contribution is 14.0. The van der Waals surface area contributed by atoms with Crippen LogP contribution in [0.25, 0.3) is 0 Å². The van der Waals surface area contributed by atoms with Gasteiger partial charge in [-0.1, -0.05) is 19.1 Å². The number of hydrogen-bond acceptors (Lipinski definition) is 3. The van der Waals surface area contributed by atoms with Gasteiger partial charge in [0.1, 0.15) is 0 Å². The first kappa shape index (κ1) is 17.9. The average Bonchev–Trinajstić information content (AvgIpc) is 2.70. The van der Waals surface area contributed by atoms with Crippen molar-refractivity contribution in [2.75, 3.05) is 13.2 Å². The maximum absolute atomic E-state index is 5.87. The lowest BCUT2D eigenvalue weighted by Crippen LogP contribution is -2.38. The molecular formula is C15H24IN3O2. The van der Waals surface area contributed by atoms with Gasteiger partial charge in [0.05, 0.1) is 19.8 Å². The molecule has 0 aliphatic carbocycles. The summed E-state index contributed by atoms with van der Waals surface area (Å²) in [6, 6.07) is 6.20. The predicted octanol–water partition coefficient (Wildman–Crippen LogP) is 2.67. The summed E-state index contributed by atoms with van der Waals surface area (Å²) in [4.78, 5) is 4.37. The normalized spacial score (nSPS) is 15.6. The van der Waals surface area contributed by atoms with E-state index in [9.17, 15) is 0 Å². The second-order valence-corrected chi connectivity index (χ2v) is 4.95. The number of fused-ring (bicyclic) bond motifs is 1. The first-order valence-electron chi connectivity index (χ1n) is 7.14. The highest BCUT2D eigenvalue weighted by atomic mass is 127. The number of hydrogen-bond donors (Lipinski definition) is 2. The van der Waals surface area contributed by atoms with Crippen LogP contribution in [0.3, 0.4) is 0 Å². The van der Waals surface area contributed by atoms with Crippen LogP contribution in [0, 0.1) is 0 Å². The molecule has 0 saturated heterocycles. The number of nitrogens with zero attached hydrogens (tertiary/aromatic N) is 1. The molecule has 21 heavy (non-hydrogen) atoms. The van der Waals surface area contributed by atoms with E-state index < -0.39 is 0 Å². The van der Waals surface area contributed by atoms with Crippen LogP contribution in [0.1, 0.15) is 32.3 Å². The standard InChI is InChI=1S/C15H23N3O2.HI/c1-3-11(2)18-15(16)17-10-12-6-4-7-13-14(12)20-9-5-8-19-13;/h4,6-7,11H,3,5,8-10H2,1-2H3,(H3,16,17,18);1H. The topological polar surface area (TPSA) is 68.9 Å². The number of para-hydroxylation sites is 1. The predicted molar refractivity (Wildman–Crippen MR) is 95.7 cm³/mol. The van der Waals surface area contributed by atoms with Crippen LogP contribution in [0.4, 0.5) is 0 Å². The van der Waals surface area contributed by atoms with E-state index >= 15 is 0 Å². The molecule has 0 spiro atoms. The fourth-order valence-electron chi connectivity index (χ4n) is 1.95. The Kier molecular flexibility index (Phi) is 7.63. The molecule has 1 heterocycles. The number of benzene rings is 1. The zero-order valence-electron chi connectivity index (χ0n) is 12.6. The van der Waals surface area contributed by atoms with Gasteiger partial charge in [0.25, 0.3) is 0 Å². The third kappa shape index (κ3) is 5.26. The van der Waals surface area contributed by atoms with Crippen LogP contribution >= 0.6 is 24.0 Å². The van der Waals surface area contributed by atoms with Gasteiger partial charge in [-0.2, -0.15) is 0 Å². The smallest absolute Gasteiger partial charge is 0.189 e. The van der Waals surface area contributed by atoms with Crippen molar-refractivity contribution in [1.29, 1.82) is 0 Å². The van der Waals surface area contributed by atoms with Crippen molar-refractivity contribution in [2.45, 2.75) is 39.3 Å². The van der Waals surface area contributed by atoms with Crippen LogP contribution in [0.5, 0.6) is 11.5 Å². The van der Waals surface area contributed by atoms with Crippen molar-refractivity contribution < 1.29 is 9.47 Å². The Hall–Kier alpha value is -1.18. The van der Waals surface area contributed by atoms with E-state index in [1.165, 1.54) is 0 Å². The first-order valence-corrected chi connectivity index (χ1v) is 7.14. The molecule has 6 heteroatoms. The molecule has 0 bridgehead atoms. The van der Waals surface area contributed by atoms with Crippen molar-refractivity contribution in [2.24, 2.45) is 10.7 Å². The summed E-state index contributed by atoms with van der Waals surface area (Å²) in [6.07, 6.45) is 1.91. The van der Waals surface area contributed by atoms with E-state index in [1.54, 1.807) is 0 Å². The summed E-state index contributed by atoms with van der Waals surface area (Å²) >= 11 is 0. The Morgan fingerprint density at radius 2 is 2.14 bits per heavy atom. The summed E-state index contributed by atoms with van der Waals surface area (Å²) in [7, 11) is 0. The third-order valence-electron chi connectivity index (χ3n) is 3.28. The molecule has 1 atom stereocenters. The molecule has 1 aromatic rings. The number of aliphatic imine (C=N–C) groups is 1. The minimum atomic E-state index is 0. The number of nitrogens with one attached hydrogen (secondary N) is 1. The van der Waals surface area contributed by atoms with Gasteiger partial charge in [-0.25, -0.2) is 4.99 Å². The van der Waals surface area contributed by atoms with Crippen molar-refractivity contribution in [3.8, 4) is 11.5 Å². The van der Waals surface area contributed by atoms with Crippen molar-refractivity contribution >= 4 is 29.9 Å². The van der Waals surface area contributed by atoms with Gasteiger partial charge in [-0.3, -0.25) is 0 Å². The Balaban J connectivity index is 0.00000220. The Morgan fingerprint density at radius 3 is 2.90 bits per heavy atom. The van der Waals surface area contributed by atoms with E-state index in [0.29, 0.717) is 31.8 Å². The third-order valence-corrected chi connectivity index (χ3v) is 3.28. The number of rotatable bonds is 4. The minimum absolute atomic E-state index is 0. The second-order valence-electron chi connectivity index (χ2n) is 4.95. The van der Waals surface area contributed by atoms with Gasteiger partial charge in [0.15, 0.2) is 17.5 Å². The van der Waals surface area contributed by atoms with Crippen LogP contribution in [0.2, 0.25) is 0 Å². The van der Waals surface area contributed by atoms with Crippen molar-refractivity contribution in [1.82, 2.24) is 5.32 Å². The van der Waals surface area contributed by atoms with Gasteiger partial charge >= 0.3 is 0 Å². The van der Waals surface area contributed by atoms with E-state index in [2.05, 4.69) is 24.2 Å². The molecule has 0 radical (unpaired) electrons.